The van der Waals surface area contributed by atoms with E-state index in [4.69, 9.17) is 4.74 Å². The minimum atomic E-state index is -1.14. The molecule has 1 aromatic rings. The molecule has 0 aromatic carbocycles. The first-order valence-electron chi connectivity index (χ1n) is 4.60. The van der Waals surface area contributed by atoms with E-state index in [0.29, 0.717) is 4.88 Å². The lowest BCUT2D eigenvalue weighted by Crippen LogP contribution is -2.34. The Kier molecular flexibility index (Phi) is 3.57. The van der Waals surface area contributed by atoms with E-state index in [9.17, 15) is 9.59 Å². The molecular formula is C10H13NO3S. The van der Waals surface area contributed by atoms with Gasteiger partial charge in [-0.05, 0) is 20.8 Å². The van der Waals surface area contributed by atoms with Crippen LogP contribution in [0.25, 0.3) is 0 Å². The molecule has 0 N–H and O–H groups in total. The first-order valence-corrected chi connectivity index (χ1v) is 5.48. The zero-order valence-corrected chi connectivity index (χ0v) is 9.76. The molecule has 82 valence electrons. The van der Waals surface area contributed by atoms with Crippen molar-refractivity contribution < 1.29 is 14.3 Å². The van der Waals surface area contributed by atoms with Crippen LogP contribution in [-0.4, -0.2) is 23.3 Å². The molecule has 0 unspecified atom stereocenters. The standard InChI is InChI=1S/C10H13NO3S/c1-4-14-9(13)10(2,3)8(12)7-5-11-6-15-7/h5-6H,4H2,1-3H3. The van der Waals surface area contributed by atoms with Crippen LogP contribution in [0.2, 0.25) is 0 Å². The maximum atomic E-state index is 11.9. The Labute approximate surface area is 92.3 Å². The molecule has 0 aliphatic carbocycles. The Bertz CT molecular complexity index is 357. The zero-order chi connectivity index (χ0) is 11.5. The number of carbonyl (C=O) groups is 2. The molecule has 15 heavy (non-hydrogen) atoms. The number of Topliss-reactive ketones (excluding diaryl/α,β-unsaturated/α-hetero) is 1. The number of ketones is 1. The van der Waals surface area contributed by atoms with Gasteiger partial charge in [-0.25, -0.2) is 0 Å². The maximum Gasteiger partial charge on any atom is 0.319 e. The van der Waals surface area contributed by atoms with Crippen LogP contribution in [-0.2, 0) is 9.53 Å². The number of hydrogen-bond donors (Lipinski definition) is 0. The van der Waals surface area contributed by atoms with Crippen LogP contribution in [0.3, 0.4) is 0 Å². The second-order valence-corrected chi connectivity index (χ2v) is 4.43. The second-order valence-electron chi connectivity index (χ2n) is 3.54. The molecule has 1 heterocycles. The molecule has 0 fully saturated rings. The van der Waals surface area contributed by atoms with Gasteiger partial charge in [-0.15, -0.1) is 11.3 Å². The van der Waals surface area contributed by atoms with Gasteiger partial charge in [-0.3, -0.25) is 14.6 Å². The summed E-state index contributed by atoms with van der Waals surface area (Å²) in [4.78, 5) is 27.7. The van der Waals surface area contributed by atoms with Gasteiger partial charge in [0.05, 0.1) is 17.0 Å². The first-order chi connectivity index (χ1) is 7.00. The number of ether oxygens (including phenoxy) is 1. The highest BCUT2D eigenvalue weighted by Gasteiger charge is 2.38. The second kappa shape index (κ2) is 4.53. The highest BCUT2D eigenvalue weighted by Crippen LogP contribution is 2.25. The summed E-state index contributed by atoms with van der Waals surface area (Å²) in [6.45, 7) is 5.11. The number of carbonyl (C=O) groups excluding carboxylic acids is 2. The molecule has 0 aliphatic rings. The SMILES string of the molecule is CCOC(=O)C(C)(C)C(=O)c1cncs1. The van der Waals surface area contributed by atoms with E-state index in [-0.39, 0.29) is 12.4 Å². The van der Waals surface area contributed by atoms with Gasteiger partial charge in [0.25, 0.3) is 0 Å². The third-order valence-electron chi connectivity index (χ3n) is 2.01. The van der Waals surface area contributed by atoms with Gasteiger partial charge in [-0.1, -0.05) is 0 Å². The topological polar surface area (TPSA) is 56.3 Å². The minimum Gasteiger partial charge on any atom is -0.465 e. The Morgan fingerprint density at radius 3 is 2.67 bits per heavy atom. The van der Waals surface area contributed by atoms with Crippen LogP contribution in [0, 0.1) is 5.41 Å². The quantitative estimate of drug-likeness (QED) is 0.448. The number of nitrogens with zero attached hydrogens (tertiary/aromatic N) is 1. The molecule has 1 rings (SSSR count). The molecule has 0 aliphatic heterocycles. The van der Waals surface area contributed by atoms with Crippen LogP contribution in [0.15, 0.2) is 11.7 Å². The van der Waals surface area contributed by atoms with Crippen LogP contribution < -0.4 is 0 Å². The fourth-order valence-electron chi connectivity index (χ4n) is 1.04. The largest absolute Gasteiger partial charge is 0.465 e. The van der Waals surface area contributed by atoms with E-state index in [2.05, 4.69) is 4.98 Å². The summed E-state index contributed by atoms with van der Waals surface area (Å²) < 4.78 is 4.85. The van der Waals surface area contributed by atoms with Crippen molar-refractivity contribution in [2.75, 3.05) is 6.61 Å². The fraction of sp³-hybridized carbons (Fsp3) is 0.500. The van der Waals surface area contributed by atoms with Gasteiger partial charge in [0.1, 0.15) is 5.41 Å². The monoisotopic (exact) mass is 227 g/mol. The predicted octanol–water partition coefficient (Wildman–Crippen LogP) is 1.92. The van der Waals surface area contributed by atoms with Gasteiger partial charge in [0.15, 0.2) is 5.78 Å². The molecule has 0 atom stereocenters. The van der Waals surface area contributed by atoms with Crippen molar-refractivity contribution in [2.24, 2.45) is 5.41 Å². The van der Waals surface area contributed by atoms with E-state index in [1.807, 2.05) is 0 Å². The van der Waals surface area contributed by atoms with Crippen molar-refractivity contribution in [3.63, 3.8) is 0 Å². The first kappa shape index (κ1) is 11.8. The average Bonchev–Trinajstić information content (AvgIpc) is 2.69. The molecule has 1 aromatic heterocycles. The summed E-state index contributed by atoms with van der Waals surface area (Å²) in [6, 6.07) is 0. The van der Waals surface area contributed by atoms with Crippen molar-refractivity contribution in [3.8, 4) is 0 Å². The Morgan fingerprint density at radius 1 is 1.53 bits per heavy atom. The van der Waals surface area contributed by atoms with Gasteiger partial charge in [0, 0.05) is 6.20 Å². The smallest absolute Gasteiger partial charge is 0.319 e. The average molecular weight is 227 g/mol. The van der Waals surface area contributed by atoms with Crippen LogP contribution in [0.5, 0.6) is 0 Å². The van der Waals surface area contributed by atoms with Crippen molar-refractivity contribution in [1.82, 2.24) is 4.98 Å². The van der Waals surface area contributed by atoms with Crippen molar-refractivity contribution in [1.29, 1.82) is 0 Å². The Balaban J connectivity index is 2.86. The maximum absolute atomic E-state index is 11.9. The number of thiazole rings is 1. The van der Waals surface area contributed by atoms with Crippen molar-refractivity contribution in [2.45, 2.75) is 20.8 Å². The molecule has 0 bridgehead atoms. The van der Waals surface area contributed by atoms with Gasteiger partial charge >= 0.3 is 5.97 Å². The molecule has 0 radical (unpaired) electrons. The van der Waals surface area contributed by atoms with Crippen molar-refractivity contribution in [3.05, 3.63) is 16.6 Å². The molecule has 0 saturated heterocycles. The predicted molar refractivity (Wildman–Crippen MR) is 56.9 cm³/mol. The molecule has 0 spiro atoms. The molecule has 4 nitrogen and oxygen atoms in total. The molecule has 0 saturated carbocycles. The summed E-state index contributed by atoms with van der Waals surface area (Å²) >= 11 is 1.22. The number of hydrogen-bond acceptors (Lipinski definition) is 5. The summed E-state index contributed by atoms with van der Waals surface area (Å²) in [5.74, 6) is -0.744. The van der Waals surface area contributed by atoms with Crippen LogP contribution in [0.4, 0.5) is 0 Å². The summed E-state index contributed by atoms with van der Waals surface area (Å²) in [7, 11) is 0. The summed E-state index contributed by atoms with van der Waals surface area (Å²) in [5, 5.41) is 0. The molecular weight excluding hydrogens is 214 g/mol. The number of rotatable bonds is 4. The highest BCUT2D eigenvalue weighted by atomic mass is 32.1. The van der Waals surface area contributed by atoms with Crippen LogP contribution in [0.1, 0.15) is 30.4 Å². The molecule has 0 amide bonds. The lowest BCUT2D eigenvalue weighted by atomic mass is 9.87. The number of aromatic nitrogens is 1. The number of esters is 1. The van der Waals surface area contributed by atoms with Crippen molar-refractivity contribution >= 4 is 23.1 Å². The lowest BCUT2D eigenvalue weighted by Gasteiger charge is -2.19. The Morgan fingerprint density at radius 2 is 2.20 bits per heavy atom. The van der Waals surface area contributed by atoms with E-state index < -0.39 is 11.4 Å². The van der Waals surface area contributed by atoms with E-state index in [1.54, 1.807) is 26.3 Å². The van der Waals surface area contributed by atoms with Crippen LogP contribution >= 0.6 is 11.3 Å². The van der Waals surface area contributed by atoms with E-state index in [0.717, 1.165) is 0 Å². The fourth-order valence-corrected chi connectivity index (χ4v) is 1.76. The third kappa shape index (κ3) is 2.41. The summed E-state index contributed by atoms with van der Waals surface area (Å²) in [6.07, 6.45) is 1.47. The lowest BCUT2D eigenvalue weighted by molar-refractivity contribution is -0.150. The normalized spacial score (nSPS) is 11.1. The third-order valence-corrected chi connectivity index (χ3v) is 2.78. The molecule has 5 heteroatoms. The van der Waals surface area contributed by atoms with Gasteiger partial charge in [-0.2, -0.15) is 0 Å². The van der Waals surface area contributed by atoms with Gasteiger partial charge < -0.3 is 4.74 Å². The Hall–Kier alpha value is -1.23. The summed E-state index contributed by atoms with van der Waals surface area (Å²) in [5.41, 5.74) is 0.428. The van der Waals surface area contributed by atoms with E-state index >= 15 is 0 Å². The minimum absolute atomic E-state index is 0.247. The zero-order valence-electron chi connectivity index (χ0n) is 8.94. The van der Waals surface area contributed by atoms with E-state index in [1.165, 1.54) is 17.5 Å². The highest BCUT2D eigenvalue weighted by molar-refractivity contribution is 7.11. The van der Waals surface area contributed by atoms with Gasteiger partial charge in [0.2, 0.25) is 0 Å².